The summed E-state index contributed by atoms with van der Waals surface area (Å²) >= 11 is 0. The third kappa shape index (κ3) is 2.37. The molecular formula is C13H9NO5. The van der Waals surface area contributed by atoms with E-state index in [1.54, 1.807) is 18.2 Å². The minimum atomic E-state index is -0.782. The molecule has 2 N–H and O–H groups in total. The van der Waals surface area contributed by atoms with Crippen molar-refractivity contribution in [1.29, 1.82) is 0 Å². The van der Waals surface area contributed by atoms with Gasteiger partial charge in [0.2, 0.25) is 0 Å². The van der Waals surface area contributed by atoms with Crippen LogP contribution in [0.5, 0.6) is 11.5 Å². The molecule has 19 heavy (non-hydrogen) atoms. The Hall–Kier alpha value is -2.89. The highest BCUT2D eigenvalue weighted by molar-refractivity contribution is 6.11. The van der Waals surface area contributed by atoms with Gasteiger partial charge in [-0.1, -0.05) is 30.3 Å². The highest BCUT2D eigenvalue weighted by atomic mass is 16.6. The van der Waals surface area contributed by atoms with Crippen molar-refractivity contribution in [2.75, 3.05) is 0 Å². The fraction of sp³-hybridized carbons (Fsp3) is 0. The molecule has 2 aromatic rings. The van der Waals surface area contributed by atoms with Gasteiger partial charge in [0.05, 0.1) is 11.0 Å². The van der Waals surface area contributed by atoms with Crippen molar-refractivity contribution in [3.63, 3.8) is 0 Å². The van der Waals surface area contributed by atoms with Gasteiger partial charge in [-0.25, -0.2) is 0 Å². The number of hydrogen-bond acceptors (Lipinski definition) is 5. The Kier molecular flexibility index (Phi) is 3.15. The zero-order valence-corrected chi connectivity index (χ0v) is 9.61. The summed E-state index contributed by atoms with van der Waals surface area (Å²) in [7, 11) is 0. The second-order valence-electron chi connectivity index (χ2n) is 3.81. The molecule has 0 atom stereocenters. The molecule has 0 aliphatic carbocycles. The SMILES string of the molecule is O=C(c1ccccc1)c1cc(O)c(O)cc1[N+](=O)[O-]. The van der Waals surface area contributed by atoms with Gasteiger partial charge < -0.3 is 10.2 Å². The zero-order valence-electron chi connectivity index (χ0n) is 9.61. The quantitative estimate of drug-likeness (QED) is 0.381. The molecule has 96 valence electrons. The molecule has 0 amide bonds. The van der Waals surface area contributed by atoms with Crippen molar-refractivity contribution in [2.45, 2.75) is 0 Å². The van der Waals surface area contributed by atoms with Crippen molar-refractivity contribution >= 4 is 11.5 Å². The maximum absolute atomic E-state index is 12.1. The van der Waals surface area contributed by atoms with Crippen LogP contribution in [0, 0.1) is 10.1 Å². The molecule has 6 nitrogen and oxygen atoms in total. The number of ketones is 1. The van der Waals surface area contributed by atoms with Gasteiger partial charge in [0.25, 0.3) is 5.69 Å². The first-order valence-corrected chi connectivity index (χ1v) is 5.31. The average molecular weight is 259 g/mol. The van der Waals surface area contributed by atoms with E-state index in [0.29, 0.717) is 0 Å². The standard InChI is InChI=1S/C13H9NO5/c15-11-6-9(10(14(18)19)7-12(11)16)13(17)8-4-2-1-3-5-8/h1-7,15-16H. The number of carbonyl (C=O) groups excluding carboxylic acids is 1. The third-order valence-corrected chi connectivity index (χ3v) is 2.57. The summed E-state index contributed by atoms with van der Waals surface area (Å²) in [6.45, 7) is 0. The van der Waals surface area contributed by atoms with Crippen molar-refractivity contribution in [3.05, 3.63) is 63.7 Å². The van der Waals surface area contributed by atoms with E-state index in [4.69, 9.17) is 0 Å². The number of phenolic OH excluding ortho intramolecular Hbond substituents is 2. The fourth-order valence-corrected chi connectivity index (χ4v) is 1.64. The molecule has 0 heterocycles. The van der Waals surface area contributed by atoms with Crippen LogP contribution in [0.15, 0.2) is 42.5 Å². The lowest BCUT2D eigenvalue weighted by Crippen LogP contribution is -2.05. The maximum Gasteiger partial charge on any atom is 0.284 e. The van der Waals surface area contributed by atoms with Crippen molar-refractivity contribution in [3.8, 4) is 11.5 Å². The van der Waals surface area contributed by atoms with Gasteiger partial charge in [-0.15, -0.1) is 0 Å². The van der Waals surface area contributed by atoms with Crippen LogP contribution in [0.3, 0.4) is 0 Å². The molecule has 0 saturated carbocycles. The highest BCUT2D eigenvalue weighted by Gasteiger charge is 2.24. The number of benzene rings is 2. The average Bonchev–Trinajstić information content (AvgIpc) is 2.41. The lowest BCUT2D eigenvalue weighted by molar-refractivity contribution is -0.385. The smallest absolute Gasteiger partial charge is 0.284 e. The van der Waals surface area contributed by atoms with Crippen molar-refractivity contribution < 1.29 is 19.9 Å². The second-order valence-corrected chi connectivity index (χ2v) is 3.81. The highest BCUT2D eigenvalue weighted by Crippen LogP contribution is 2.33. The number of carbonyl (C=O) groups is 1. The van der Waals surface area contributed by atoms with Crippen molar-refractivity contribution in [2.24, 2.45) is 0 Å². The maximum atomic E-state index is 12.1. The van der Waals surface area contributed by atoms with Crippen LogP contribution in [-0.4, -0.2) is 20.9 Å². The monoisotopic (exact) mass is 259 g/mol. The van der Waals surface area contributed by atoms with Crippen molar-refractivity contribution in [1.82, 2.24) is 0 Å². The zero-order chi connectivity index (χ0) is 14.0. The molecule has 2 aromatic carbocycles. The number of nitro benzene ring substituents is 1. The van der Waals surface area contributed by atoms with Crippen LogP contribution in [0.4, 0.5) is 5.69 Å². The van der Waals surface area contributed by atoms with Crippen LogP contribution in [0.2, 0.25) is 0 Å². The largest absolute Gasteiger partial charge is 0.504 e. The van der Waals surface area contributed by atoms with Gasteiger partial charge in [0.15, 0.2) is 17.3 Å². The van der Waals surface area contributed by atoms with Gasteiger partial charge in [0.1, 0.15) is 5.56 Å². The molecule has 0 saturated heterocycles. The predicted octanol–water partition coefficient (Wildman–Crippen LogP) is 2.24. The van der Waals surface area contributed by atoms with Gasteiger partial charge in [-0.2, -0.15) is 0 Å². The Balaban J connectivity index is 2.59. The van der Waals surface area contributed by atoms with Gasteiger partial charge in [0, 0.05) is 11.6 Å². The van der Waals surface area contributed by atoms with Crippen LogP contribution < -0.4 is 0 Å². The number of nitrogens with zero attached hydrogens (tertiary/aromatic N) is 1. The second kappa shape index (κ2) is 4.77. The first-order valence-electron chi connectivity index (χ1n) is 5.31. The minimum Gasteiger partial charge on any atom is -0.504 e. The molecule has 0 unspecified atom stereocenters. The summed E-state index contributed by atoms with van der Waals surface area (Å²) in [6.07, 6.45) is 0. The van der Waals surface area contributed by atoms with E-state index in [1.807, 2.05) is 0 Å². The molecule has 0 aliphatic rings. The molecule has 0 fully saturated rings. The summed E-state index contributed by atoms with van der Waals surface area (Å²) in [5.74, 6) is -1.82. The number of rotatable bonds is 3. The molecule has 0 spiro atoms. The lowest BCUT2D eigenvalue weighted by atomic mass is 10.0. The van der Waals surface area contributed by atoms with Gasteiger partial charge >= 0.3 is 0 Å². The van der Waals surface area contributed by atoms with Crippen LogP contribution in [-0.2, 0) is 0 Å². The summed E-state index contributed by atoms with van der Waals surface area (Å²) in [4.78, 5) is 22.2. The molecular weight excluding hydrogens is 250 g/mol. The van der Waals surface area contributed by atoms with E-state index in [2.05, 4.69) is 0 Å². The van der Waals surface area contributed by atoms with E-state index in [0.717, 1.165) is 12.1 Å². The van der Waals surface area contributed by atoms with Gasteiger partial charge in [-0.3, -0.25) is 14.9 Å². The first-order chi connectivity index (χ1) is 9.00. The molecule has 0 radical (unpaired) electrons. The van der Waals surface area contributed by atoms with E-state index < -0.39 is 27.9 Å². The summed E-state index contributed by atoms with van der Waals surface area (Å²) in [5, 5.41) is 29.5. The van der Waals surface area contributed by atoms with E-state index in [9.17, 15) is 25.1 Å². The Labute approximate surface area is 107 Å². The lowest BCUT2D eigenvalue weighted by Gasteiger charge is -2.04. The predicted molar refractivity (Wildman–Crippen MR) is 66.3 cm³/mol. The van der Waals surface area contributed by atoms with Gasteiger partial charge in [-0.05, 0) is 0 Å². The molecule has 0 aromatic heterocycles. The Morgan fingerprint density at radius 3 is 2.21 bits per heavy atom. The van der Waals surface area contributed by atoms with Crippen LogP contribution >= 0.6 is 0 Å². The van der Waals surface area contributed by atoms with Crippen LogP contribution in [0.1, 0.15) is 15.9 Å². The normalized spacial score (nSPS) is 10.1. The molecule has 0 aliphatic heterocycles. The van der Waals surface area contributed by atoms with E-state index in [1.165, 1.54) is 12.1 Å². The summed E-state index contributed by atoms with van der Waals surface area (Å²) in [5.41, 5.74) is -0.564. The number of phenols is 2. The first kappa shape index (κ1) is 12.6. The number of nitro groups is 1. The molecule has 6 heteroatoms. The number of aromatic hydroxyl groups is 2. The Morgan fingerprint density at radius 1 is 1.05 bits per heavy atom. The summed E-state index contributed by atoms with van der Waals surface area (Å²) < 4.78 is 0. The van der Waals surface area contributed by atoms with Crippen LogP contribution in [0.25, 0.3) is 0 Å². The number of hydrogen-bond donors (Lipinski definition) is 2. The Morgan fingerprint density at radius 2 is 1.63 bits per heavy atom. The summed E-state index contributed by atoms with van der Waals surface area (Å²) in [6, 6.07) is 9.62. The van der Waals surface area contributed by atoms with E-state index >= 15 is 0 Å². The fourth-order valence-electron chi connectivity index (χ4n) is 1.64. The van der Waals surface area contributed by atoms with E-state index in [-0.39, 0.29) is 11.1 Å². The topological polar surface area (TPSA) is 101 Å². The third-order valence-electron chi connectivity index (χ3n) is 2.57. The Bertz CT molecular complexity index is 652. The molecule has 0 bridgehead atoms. The minimum absolute atomic E-state index is 0.260. The molecule has 2 rings (SSSR count).